The second kappa shape index (κ2) is 29.9. The van der Waals surface area contributed by atoms with Crippen LogP contribution in [0.15, 0.2) is 0 Å². The van der Waals surface area contributed by atoms with Crippen molar-refractivity contribution >= 4 is 24.2 Å². The van der Waals surface area contributed by atoms with Gasteiger partial charge in [-0.25, -0.2) is 0 Å². The summed E-state index contributed by atoms with van der Waals surface area (Å²) in [6.07, 6.45) is -11.5. The van der Waals surface area contributed by atoms with Crippen molar-refractivity contribution in [1.29, 1.82) is 0 Å². The van der Waals surface area contributed by atoms with Crippen LogP contribution in [0.3, 0.4) is 0 Å². The molecular formula is C41H76O16. The van der Waals surface area contributed by atoms with E-state index in [4.69, 9.17) is 28.4 Å². The maximum Gasteiger partial charge on any atom is 0.306 e. The molecule has 0 aliphatic carbocycles. The molecule has 0 fully saturated rings. The highest BCUT2D eigenvalue weighted by Crippen LogP contribution is 2.22. The minimum absolute atomic E-state index is 0.00200. The van der Waals surface area contributed by atoms with Gasteiger partial charge in [-0.1, -0.05) is 0 Å². The van der Waals surface area contributed by atoms with E-state index in [1.165, 1.54) is 6.92 Å². The van der Waals surface area contributed by atoms with Gasteiger partial charge in [0.1, 0.15) is 24.6 Å². The van der Waals surface area contributed by atoms with Crippen molar-refractivity contribution in [1.82, 2.24) is 0 Å². The maximum absolute atomic E-state index is 13.0. The van der Waals surface area contributed by atoms with Crippen molar-refractivity contribution < 1.29 is 78.2 Å². The highest BCUT2D eigenvalue weighted by molar-refractivity contribution is 5.70. The van der Waals surface area contributed by atoms with E-state index in [0.29, 0.717) is 6.29 Å². The van der Waals surface area contributed by atoms with Crippen LogP contribution in [0.2, 0.25) is 0 Å². The molecule has 0 spiro atoms. The SMILES string of the molecule is CC(O)CC(O)C(O)CCC(=O)OC(CC(C)OC(=O)CCC(O)C(CC(C)OC(C)C)OC(=O)CCC(O)C(O)CC(C)OC(C)C)C(CCC=O)OC(C)C. The second-order valence-corrected chi connectivity index (χ2v) is 16.1. The van der Waals surface area contributed by atoms with Gasteiger partial charge in [0.2, 0.25) is 0 Å². The average molecular weight is 825 g/mol. The van der Waals surface area contributed by atoms with Crippen molar-refractivity contribution in [2.24, 2.45) is 0 Å². The molecule has 57 heavy (non-hydrogen) atoms. The van der Waals surface area contributed by atoms with Crippen LogP contribution in [0.4, 0.5) is 0 Å². The first-order chi connectivity index (χ1) is 26.5. The van der Waals surface area contributed by atoms with Gasteiger partial charge in [-0.05, 0) is 94.9 Å². The van der Waals surface area contributed by atoms with E-state index in [1.54, 1.807) is 34.6 Å². The number of esters is 3. The molecule has 6 N–H and O–H groups in total. The van der Waals surface area contributed by atoms with Gasteiger partial charge in [0.25, 0.3) is 0 Å². The van der Waals surface area contributed by atoms with Crippen molar-refractivity contribution in [2.45, 2.75) is 238 Å². The molecule has 0 amide bonds. The quantitative estimate of drug-likeness (QED) is 0.0316. The van der Waals surface area contributed by atoms with Crippen molar-refractivity contribution in [2.75, 3.05) is 0 Å². The van der Waals surface area contributed by atoms with Gasteiger partial charge in [0.05, 0.1) is 73.2 Å². The van der Waals surface area contributed by atoms with Crippen LogP contribution < -0.4 is 0 Å². The molecule has 0 aliphatic heterocycles. The Morgan fingerprint density at radius 2 is 0.842 bits per heavy atom. The van der Waals surface area contributed by atoms with E-state index in [1.807, 2.05) is 27.7 Å². The van der Waals surface area contributed by atoms with Gasteiger partial charge in [-0.15, -0.1) is 0 Å². The molecule has 336 valence electrons. The van der Waals surface area contributed by atoms with Crippen LogP contribution in [-0.2, 0) is 47.6 Å². The fraction of sp³-hybridized carbons (Fsp3) is 0.902. The lowest BCUT2D eigenvalue weighted by Crippen LogP contribution is -2.39. The van der Waals surface area contributed by atoms with E-state index >= 15 is 0 Å². The minimum atomic E-state index is -1.28. The maximum atomic E-state index is 13.0. The van der Waals surface area contributed by atoms with Crippen LogP contribution in [-0.4, -0.2) is 146 Å². The number of carbonyl (C=O) groups is 4. The lowest BCUT2D eigenvalue weighted by Gasteiger charge is -2.30. The molecule has 0 saturated carbocycles. The molecule has 0 aliphatic rings. The molecule has 0 rings (SSSR count). The van der Waals surface area contributed by atoms with Crippen LogP contribution in [0.5, 0.6) is 0 Å². The Bertz CT molecular complexity index is 1100. The van der Waals surface area contributed by atoms with Crippen LogP contribution in [0.1, 0.15) is 146 Å². The van der Waals surface area contributed by atoms with Gasteiger partial charge in [0, 0.05) is 51.4 Å². The van der Waals surface area contributed by atoms with Crippen molar-refractivity contribution in [3.8, 4) is 0 Å². The minimum Gasteiger partial charge on any atom is -0.463 e. The summed E-state index contributed by atoms with van der Waals surface area (Å²) >= 11 is 0. The van der Waals surface area contributed by atoms with E-state index in [2.05, 4.69) is 0 Å². The second-order valence-electron chi connectivity index (χ2n) is 16.1. The summed E-state index contributed by atoms with van der Waals surface area (Å²) in [5.41, 5.74) is 0. The molecule has 0 aromatic carbocycles. The normalized spacial score (nSPS) is 18.4. The fourth-order valence-corrected chi connectivity index (χ4v) is 6.34. The topological polar surface area (TPSA) is 245 Å². The Hall–Kier alpha value is -2.28. The van der Waals surface area contributed by atoms with Crippen LogP contribution in [0.25, 0.3) is 0 Å². The summed E-state index contributed by atoms with van der Waals surface area (Å²) in [7, 11) is 0. The molecule has 16 heteroatoms. The van der Waals surface area contributed by atoms with Gasteiger partial charge < -0.3 is 63.9 Å². The van der Waals surface area contributed by atoms with Gasteiger partial charge >= 0.3 is 17.9 Å². The number of ether oxygens (including phenoxy) is 6. The monoisotopic (exact) mass is 825 g/mol. The Balaban J connectivity index is 5.57. The number of carbonyl (C=O) groups excluding carboxylic acids is 4. The van der Waals surface area contributed by atoms with E-state index in [-0.39, 0.29) is 101 Å². The summed E-state index contributed by atoms with van der Waals surface area (Å²) in [5.74, 6) is -2.09. The molecule has 12 unspecified atom stereocenters. The fourth-order valence-electron chi connectivity index (χ4n) is 6.34. The predicted molar refractivity (Wildman–Crippen MR) is 210 cm³/mol. The Kier molecular flexibility index (Phi) is 28.7. The Morgan fingerprint density at radius 3 is 1.30 bits per heavy atom. The first-order valence-corrected chi connectivity index (χ1v) is 20.6. The summed E-state index contributed by atoms with van der Waals surface area (Å²) in [6, 6.07) is 0. The zero-order valence-electron chi connectivity index (χ0n) is 36.0. The first-order valence-electron chi connectivity index (χ1n) is 20.6. The van der Waals surface area contributed by atoms with Gasteiger partial charge in [0.15, 0.2) is 0 Å². The number of aliphatic hydroxyl groups excluding tert-OH is 6. The summed E-state index contributed by atoms with van der Waals surface area (Å²) in [6.45, 7) is 17.6. The number of hydrogen-bond acceptors (Lipinski definition) is 16. The van der Waals surface area contributed by atoms with E-state index < -0.39 is 85.1 Å². The first kappa shape index (κ1) is 54.7. The Labute approximate surface area is 339 Å². The summed E-state index contributed by atoms with van der Waals surface area (Å²) < 4.78 is 34.3. The third-order valence-electron chi connectivity index (χ3n) is 8.87. The molecule has 0 bridgehead atoms. The zero-order chi connectivity index (χ0) is 43.8. The summed E-state index contributed by atoms with van der Waals surface area (Å²) in [5, 5.41) is 61.7. The third-order valence-corrected chi connectivity index (χ3v) is 8.87. The molecule has 0 aromatic heterocycles. The predicted octanol–water partition coefficient (Wildman–Crippen LogP) is 3.23. The van der Waals surface area contributed by atoms with Crippen molar-refractivity contribution in [3.05, 3.63) is 0 Å². The molecule has 0 aromatic rings. The van der Waals surface area contributed by atoms with Crippen molar-refractivity contribution in [3.63, 3.8) is 0 Å². The zero-order valence-corrected chi connectivity index (χ0v) is 36.0. The number of aliphatic hydroxyl groups is 6. The highest BCUT2D eigenvalue weighted by atomic mass is 16.6. The lowest BCUT2D eigenvalue weighted by molar-refractivity contribution is -0.167. The Morgan fingerprint density at radius 1 is 0.439 bits per heavy atom. The van der Waals surface area contributed by atoms with Gasteiger partial charge in [-0.2, -0.15) is 0 Å². The number of rotatable bonds is 33. The molecule has 12 atom stereocenters. The molecule has 16 nitrogen and oxygen atoms in total. The smallest absolute Gasteiger partial charge is 0.306 e. The van der Waals surface area contributed by atoms with Crippen LogP contribution >= 0.6 is 0 Å². The highest BCUT2D eigenvalue weighted by Gasteiger charge is 2.32. The molecule has 0 radical (unpaired) electrons. The summed E-state index contributed by atoms with van der Waals surface area (Å²) in [4.78, 5) is 50.0. The molecular weight excluding hydrogens is 748 g/mol. The van der Waals surface area contributed by atoms with Gasteiger partial charge in [-0.3, -0.25) is 14.4 Å². The standard InChI is InChI=1S/C41H76O16/c1-24(2)52-28(8)21-35(48)32(45)14-16-40(50)56-37(22-29(9)53-25(3)4)33(46)15-18-39(49)55-30(10)23-38(36(12-11-19-42)54-26(5)6)57-41(51)17-13-31(44)34(47)20-27(7)43/h19,24-38,43-48H,11-18,20-23H2,1-10H3. The number of aldehydes is 1. The lowest BCUT2D eigenvalue weighted by atomic mass is 10.0. The average Bonchev–Trinajstić information content (AvgIpc) is 3.08. The van der Waals surface area contributed by atoms with E-state index in [9.17, 15) is 49.8 Å². The molecule has 0 heterocycles. The number of hydrogen-bond donors (Lipinski definition) is 6. The molecule has 0 saturated heterocycles. The third kappa shape index (κ3) is 27.2. The van der Waals surface area contributed by atoms with Crippen LogP contribution in [0, 0.1) is 0 Å². The van der Waals surface area contributed by atoms with E-state index in [0.717, 1.165) is 0 Å². The largest absolute Gasteiger partial charge is 0.463 e.